The van der Waals surface area contributed by atoms with Crippen LogP contribution in [0.15, 0.2) is 29.7 Å². The van der Waals surface area contributed by atoms with Gasteiger partial charge in [-0.15, -0.1) is 11.3 Å². The Balaban J connectivity index is 1.86. The lowest BCUT2D eigenvalue weighted by atomic mass is 10.1. The molecule has 0 saturated carbocycles. The number of fused-ring (bicyclic) bond motifs is 2. The molecule has 1 aromatic carbocycles. The van der Waals surface area contributed by atoms with Gasteiger partial charge in [0.1, 0.15) is 13.2 Å². The summed E-state index contributed by atoms with van der Waals surface area (Å²) in [5, 5.41) is 10.9. The molecule has 0 radical (unpaired) electrons. The van der Waals surface area contributed by atoms with Crippen molar-refractivity contribution in [2.24, 2.45) is 0 Å². The van der Waals surface area contributed by atoms with E-state index in [1.807, 2.05) is 34.9 Å². The molecule has 7 heteroatoms. The van der Waals surface area contributed by atoms with Gasteiger partial charge in [-0.1, -0.05) is 0 Å². The van der Waals surface area contributed by atoms with Crippen molar-refractivity contribution in [2.45, 2.75) is 6.92 Å². The van der Waals surface area contributed by atoms with Gasteiger partial charge >= 0.3 is 5.97 Å². The van der Waals surface area contributed by atoms with Gasteiger partial charge in [-0.05, 0) is 31.2 Å². The Bertz CT molecular complexity index is 971. The van der Waals surface area contributed by atoms with Crippen LogP contribution < -0.4 is 9.47 Å². The molecular formula is C17H14N2O4S. The molecule has 24 heavy (non-hydrogen) atoms. The van der Waals surface area contributed by atoms with Crippen molar-refractivity contribution in [1.82, 2.24) is 9.38 Å². The highest BCUT2D eigenvalue weighted by atomic mass is 32.1. The minimum Gasteiger partial charge on any atom is -0.486 e. The van der Waals surface area contributed by atoms with E-state index in [0.29, 0.717) is 13.2 Å². The van der Waals surface area contributed by atoms with Crippen molar-refractivity contribution in [3.63, 3.8) is 0 Å². The number of benzene rings is 1. The molecule has 0 amide bonds. The van der Waals surface area contributed by atoms with Crippen LogP contribution in [0.25, 0.3) is 22.3 Å². The molecule has 4 rings (SSSR count). The molecule has 1 aliphatic heterocycles. The van der Waals surface area contributed by atoms with E-state index in [2.05, 4.69) is 4.98 Å². The molecule has 2 aromatic heterocycles. The monoisotopic (exact) mass is 342 g/mol. The Labute approximate surface area is 141 Å². The average molecular weight is 342 g/mol. The summed E-state index contributed by atoms with van der Waals surface area (Å²) >= 11 is 1.51. The van der Waals surface area contributed by atoms with Crippen LogP contribution in [0, 0.1) is 6.92 Å². The summed E-state index contributed by atoms with van der Waals surface area (Å²) in [6.07, 6.45) is 2.70. The Hall–Kier alpha value is -2.80. The summed E-state index contributed by atoms with van der Waals surface area (Å²) in [5.74, 6) is 0.474. The van der Waals surface area contributed by atoms with Gasteiger partial charge in [0.05, 0.1) is 17.1 Å². The minimum atomic E-state index is -0.986. The van der Waals surface area contributed by atoms with Gasteiger partial charge < -0.3 is 14.6 Å². The topological polar surface area (TPSA) is 73.1 Å². The lowest BCUT2D eigenvalue weighted by Gasteiger charge is -2.18. The van der Waals surface area contributed by atoms with Crippen LogP contribution in [0.3, 0.4) is 0 Å². The van der Waals surface area contributed by atoms with Crippen molar-refractivity contribution in [3.05, 3.63) is 41.0 Å². The van der Waals surface area contributed by atoms with Crippen LogP contribution in [0.1, 0.15) is 11.4 Å². The van der Waals surface area contributed by atoms with E-state index < -0.39 is 5.97 Å². The van der Waals surface area contributed by atoms with Gasteiger partial charge in [0.15, 0.2) is 16.5 Å². The van der Waals surface area contributed by atoms with E-state index in [0.717, 1.165) is 45.2 Å². The first-order valence-electron chi connectivity index (χ1n) is 7.41. The average Bonchev–Trinajstić information content (AvgIpc) is 3.10. The van der Waals surface area contributed by atoms with Gasteiger partial charge in [-0.3, -0.25) is 4.40 Å². The quantitative estimate of drug-likeness (QED) is 0.740. The highest BCUT2D eigenvalue weighted by Crippen LogP contribution is 2.36. The zero-order valence-corrected chi connectivity index (χ0v) is 13.7. The second kappa shape index (κ2) is 5.68. The predicted molar refractivity (Wildman–Crippen MR) is 90.9 cm³/mol. The number of imidazole rings is 1. The smallest absolute Gasteiger partial charge is 0.328 e. The SMILES string of the molecule is Cc1nc2scc(-c3ccc4c(c3)OCCO4)n2c1/C=C/C(=O)O. The van der Waals surface area contributed by atoms with Crippen molar-refractivity contribution in [3.8, 4) is 22.8 Å². The molecule has 3 aromatic rings. The lowest BCUT2D eigenvalue weighted by Crippen LogP contribution is -2.15. The Morgan fingerprint density at radius 3 is 2.92 bits per heavy atom. The number of carboxylic acid groups (broad SMARTS) is 1. The first-order valence-corrected chi connectivity index (χ1v) is 8.29. The molecule has 0 aliphatic carbocycles. The van der Waals surface area contributed by atoms with E-state index in [9.17, 15) is 4.79 Å². The summed E-state index contributed by atoms with van der Waals surface area (Å²) in [6.45, 7) is 2.96. The van der Waals surface area contributed by atoms with Gasteiger partial charge in [0, 0.05) is 17.0 Å². The van der Waals surface area contributed by atoms with Crippen LogP contribution in [0.5, 0.6) is 11.5 Å². The van der Waals surface area contributed by atoms with E-state index in [-0.39, 0.29) is 0 Å². The number of carboxylic acids is 1. The third kappa shape index (κ3) is 2.43. The molecule has 1 N–H and O–H groups in total. The molecule has 0 unspecified atom stereocenters. The van der Waals surface area contributed by atoms with E-state index in [1.165, 1.54) is 11.3 Å². The summed E-state index contributed by atoms with van der Waals surface area (Å²) in [5.41, 5.74) is 3.46. The number of hydrogen-bond donors (Lipinski definition) is 1. The molecule has 0 saturated heterocycles. The minimum absolute atomic E-state index is 0.534. The van der Waals surface area contributed by atoms with Gasteiger partial charge in [0.2, 0.25) is 0 Å². The van der Waals surface area contributed by atoms with Crippen molar-refractivity contribution in [2.75, 3.05) is 13.2 Å². The van der Waals surface area contributed by atoms with Crippen LogP contribution in [-0.4, -0.2) is 33.7 Å². The van der Waals surface area contributed by atoms with Crippen LogP contribution in [0.4, 0.5) is 0 Å². The van der Waals surface area contributed by atoms with Gasteiger partial charge in [-0.25, -0.2) is 9.78 Å². The molecular weight excluding hydrogens is 328 g/mol. The third-order valence-corrected chi connectivity index (χ3v) is 4.63. The molecule has 122 valence electrons. The molecule has 1 aliphatic rings. The first kappa shape index (κ1) is 14.8. The van der Waals surface area contributed by atoms with Crippen molar-refractivity contribution < 1.29 is 19.4 Å². The van der Waals surface area contributed by atoms with Crippen molar-refractivity contribution in [1.29, 1.82) is 0 Å². The first-order chi connectivity index (χ1) is 11.6. The Morgan fingerprint density at radius 2 is 2.12 bits per heavy atom. The number of hydrogen-bond acceptors (Lipinski definition) is 5. The number of nitrogens with zero attached hydrogens (tertiary/aromatic N) is 2. The number of rotatable bonds is 3. The fourth-order valence-electron chi connectivity index (χ4n) is 2.73. The largest absolute Gasteiger partial charge is 0.486 e. The highest BCUT2D eigenvalue weighted by Gasteiger charge is 2.17. The van der Waals surface area contributed by atoms with Crippen LogP contribution >= 0.6 is 11.3 Å². The summed E-state index contributed by atoms with van der Waals surface area (Å²) in [6, 6.07) is 5.80. The van der Waals surface area contributed by atoms with Crippen LogP contribution in [0.2, 0.25) is 0 Å². The normalized spacial score (nSPS) is 13.7. The summed E-state index contributed by atoms with van der Waals surface area (Å²) in [4.78, 5) is 16.2. The maximum Gasteiger partial charge on any atom is 0.328 e. The van der Waals surface area contributed by atoms with Crippen molar-refractivity contribution >= 4 is 28.3 Å². The second-order valence-electron chi connectivity index (χ2n) is 5.35. The van der Waals surface area contributed by atoms with E-state index in [4.69, 9.17) is 14.6 Å². The van der Waals surface area contributed by atoms with Gasteiger partial charge in [0.25, 0.3) is 0 Å². The Kier molecular flexibility index (Phi) is 3.50. The number of aryl methyl sites for hydroxylation is 1. The number of aromatic nitrogens is 2. The highest BCUT2D eigenvalue weighted by molar-refractivity contribution is 7.15. The fraction of sp³-hybridized carbons (Fsp3) is 0.176. The number of ether oxygens (including phenoxy) is 2. The molecule has 3 heterocycles. The molecule has 6 nitrogen and oxygen atoms in total. The molecule has 0 fully saturated rings. The zero-order valence-electron chi connectivity index (χ0n) is 12.9. The molecule has 0 atom stereocenters. The molecule has 0 spiro atoms. The standard InChI is InChI=1S/C17H14N2O4S/c1-10-12(3-5-16(20)21)19-13(9-24-17(19)18-10)11-2-4-14-15(8-11)23-7-6-22-14/h2-5,8-9H,6-7H2,1H3,(H,20,21)/b5-3+. The number of aliphatic carboxylic acids is 1. The zero-order chi connectivity index (χ0) is 16.7. The predicted octanol–water partition coefficient (Wildman–Crippen LogP) is 3.24. The maximum absolute atomic E-state index is 10.9. The lowest BCUT2D eigenvalue weighted by molar-refractivity contribution is -0.131. The van der Waals surface area contributed by atoms with E-state index >= 15 is 0 Å². The molecule has 0 bridgehead atoms. The van der Waals surface area contributed by atoms with Crippen LogP contribution in [-0.2, 0) is 4.79 Å². The fourth-order valence-corrected chi connectivity index (χ4v) is 3.68. The number of carbonyl (C=O) groups is 1. The maximum atomic E-state index is 10.9. The number of thiazole rings is 1. The van der Waals surface area contributed by atoms with Gasteiger partial charge in [-0.2, -0.15) is 0 Å². The summed E-state index contributed by atoms with van der Waals surface area (Å²) < 4.78 is 13.2. The third-order valence-electron chi connectivity index (χ3n) is 3.80. The second-order valence-corrected chi connectivity index (χ2v) is 6.19. The summed E-state index contributed by atoms with van der Waals surface area (Å²) in [7, 11) is 0. The Morgan fingerprint density at radius 1 is 1.33 bits per heavy atom. The van der Waals surface area contributed by atoms with E-state index in [1.54, 1.807) is 6.08 Å².